The zero-order valence-electron chi connectivity index (χ0n) is 9.09. The first-order chi connectivity index (χ1) is 5.87. The van der Waals surface area contributed by atoms with Crippen LogP contribution in [0.2, 0.25) is 0 Å². The molecule has 2 radical (unpaired) electrons. The summed E-state index contributed by atoms with van der Waals surface area (Å²) in [6.45, 7) is 8.99. The van der Waals surface area contributed by atoms with Crippen molar-refractivity contribution in [2.24, 2.45) is 10.8 Å². The van der Waals surface area contributed by atoms with Gasteiger partial charge in [-0.15, -0.1) is 0 Å². The Labute approximate surface area is 82.5 Å². The van der Waals surface area contributed by atoms with Crippen molar-refractivity contribution in [3.63, 3.8) is 0 Å². The molecule has 74 valence electrons. The lowest BCUT2D eigenvalue weighted by Crippen LogP contribution is -2.36. The zero-order valence-corrected chi connectivity index (χ0v) is 9.09. The Morgan fingerprint density at radius 1 is 1.23 bits per heavy atom. The highest BCUT2D eigenvalue weighted by molar-refractivity contribution is 5.97. The normalized spacial score (nSPS) is 12.9. The van der Waals surface area contributed by atoms with Crippen LogP contribution >= 0.6 is 0 Å². The van der Waals surface area contributed by atoms with E-state index in [-0.39, 0.29) is 10.8 Å². The Kier molecular flexibility index (Phi) is 4.69. The van der Waals surface area contributed by atoms with Gasteiger partial charge < -0.3 is 9.45 Å². The van der Waals surface area contributed by atoms with E-state index in [1.165, 1.54) is 0 Å². The summed E-state index contributed by atoms with van der Waals surface area (Å²) in [5, 5.41) is 0. The molecule has 0 unspecified atom stereocenters. The number of carbonyl (C=O) groups is 1. The minimum absolute atomic E-state index is 0.00917. The molecule has 0 atom stereocenters. The first-order valence-corrected chi connectivity index (χ1v) is 4.63. The first kappa shape index (κ1) is 12.7. The minimum atomic E-state index is -0.00917. The summed E-state index contributed by atoms with van der Waals surface area (Å²) in [5.74, 6) is 0. The van der Waals surface area contributed by atoms with Crippen LogP contribution in [0.5, 0.6) is 0 Å². The van der Waals surface area contributed by atoms with E-state index in [1.54, 1.807) is 0 Å². The maximum Gasteiger partial charge on any atom is 0.282 e. The van der Waals surface area contributed by atoms with Crippen LogP contribution in [-0.2, 0) is 9.45 Å². The topological polar surface area (TPSA) is 26.3 Å². The van der Waals surface area contributed by atoms with Crippen LogP contribution in [0.25, 0.3) is 0 Å². The van der Waals surface area contributed by atoms with Crippen molar-refractivity contribution < 1.29 is 9.45 Å². The fourth-order valence-electron chi connectivity index (χ4n) is 1.16. The molecule has 0 heterocycles. The number of carbonyl (C=O) groups excluding carboxylic acids is 1. The highest BCUT2D eigenvalue weighted by atomic mass is 16.4. The standard InChI is InChI=1S/C10H19BO2/c1-9(2,6-5-7-12)10(3,4)8-13-11/h7H,5-6,8H2,1-4H3. The Hall–Kier alpha value is -0.305. The Morgan fingerprint density at radius 2 is 1.77 bits per heavy atom. The van der Waals surface area contributed by atoms with Crippen LogP contribution < -0.4 is 0 Å². The van der Waals surface area contributed by atoms with E-state index in [2.05, 4.69) is 32.3 Å². The van der Waals surface area contributed by atoms with Gasteiger partial charge in [-0.25, -0.2) is 0 Å². The van der Waals surface area contributed by atoms with E-state index >= 15 is 0 Å². The highest BCUT2D eigenvalue weighted by Gasteiger charge is 2.35. The molecule has 0 saturated heterocycles. The molecular formula is C10H19BO2. The fourth-order valence-corrected chi connectivity index (χ4v) is 1.16. The molecule has 0 aromatic carbocycles. The van der Waals surface area contributed by atoms with E-state index in [0.29, 0.717) is 13.0 Å². The van der Waals surface area contributed by atoms with Crippen molar-refractivity contribution in [2.45, 2.75) is 40.5 Å². The lowest BCUT2D eigenvalue weighted by atomic mass is 9.66. The van der Waals surface area contributed by atoms with Gasteiger partial charge in [0.25, 0.3) is 8.05 Å². The Bertz CT molecular complexity index is 164. The number of aldehydes is 1. The Morgan fingerprint density at radius 3 is 2.15 bits per heavy atom. The lowest BCUT2D eigenvalue weighted by molar-refractivity contribution is -0.108. The summed E-state index contributed by atoms with van der Waals surface area (Å²) < 4.78 is 4.68. The van der Waals surface area contributed by atoms with Crippen molar-refractivity contribution in [3.05, 3.63) is 0 Å². The number of rotatable bonds is 6. The second-order valence-electron chi connectivity index (χ2n) is 4.78. The smallest absolute Gasteiger partial charge is 0.282 e. The van der Waals surface area contributed by atoms with Crippen molar-refractivity contribution >= 4 is 14.3 Å². The molecule has 0 spiro atoms. The van der Waals surface area contributed by atoms with E-state index in [9.17, 15) is 4.79 Å². The molecule has 0 aliphatic rings. The first-order valence-electron chi connectivity index (χ1n) is 4.63. The summed E-state index contributed by atoms with van der Waals surface area (Å²) in [6.07, 6.45) is 2.43. The average molecular weight is 182 g/mol. The third-order valence-corrected chi connectivity index (χ3v) is 3.16. The number of hydrogen-bond donors (Lipinski definition) is 0. The molecule has 3 heteroatoms. The molecule has 0 aliphatic heterocycles. The highest BCUT2D eigenvalue weighted by Crippen LogP contribution is 2.41. The van der Waals surface area contributed by atoms with Gasteiger partial charge >= 0.3 is 0 Å². The summed E-state index contributed by atoms with van der Waals surface area (Å²) in [6, 6.07) is 0. The van der Waals surface area contributed by atoms with Gasteiger partial charge in [-0.2, -0.15) is 0 Å². The maximum atomic E-state index is 10.3. The SMILES string of the molecule is [B]OCC(C)(C)C(C)(C)CCC=O. The molecule has 0 aromatic heterocycles. The van der Waals surface area contributed by atoms with Gasteiger partial charge in [0.05, 0.1) is 0 Å². The second kappa shape index (κ2) is 4.80. The predicted molar refractivity (Wildman–Crippen MR) is 54.6 cm³/mol. The third kappa shape index (κ3) is 3.51. The minimum Gasteiger partial charge on any atom is -0.447 e. The Balaban J connectivity index is 4.30. The van der Waals surface area contributed by atoms with Gasteiger partial charge in [0.15, 0.2) is 0 Å². The molecule has 0 aromatic rings. The quantitative estimate of drug-likeness (QED) is 0.464. The fraction of sp³-hybridized carbons (Fsp3) is 0.900. The van der Waals surface area contributed by atoms with Crippen LogP contribution in [-0.4, -0.2) is 20.9 Å². The van der Waals surface area contributed by atoms with Crippen molar-refractivity contribution in [2.75, 3.05) is 6.61 Å². The van der Waals surface area contributed by atoms with Crippen molar-refractivity contribution in [1.29, 1.82) is 0 Å². The molecule has 0 amide bonds. The van der Waals surface area contributed by atoms with E-state index in [0.717, 1.165) is 12.7 Å². The van der Waals surface area contributed by atoms with Crippen LogP contribution in [0.15, 0.2) is 0 Å². The van der Waals surface area contributed by atoms with E-state index < -0.39 is 0 Å². The van der Waals surface area contributed by atoms with E-state index in [4.69, 9.17) is 8.05 Å². The maximum absolute atomic E-state index is 10.3. The summed E-state index contributed by atoms with van der Waals surface area (Å²) >= 11 is 0. The molecule has 2 nitrogen and oxygen atoms in total. The van der Waals surface area contributed by atoms with Crippen LogP contribution in [0.3, 0.4) is 0 Å². The van der Waals surface area contributed by atoms with Gasteiger partial charge in [0, 0.05) is 13.0 Å². The van der Waals surface area contributed by atoms with Crippen molar-refractivity contribution in [1.82, 2.24) is 0 Å². The summed E-state index contributed by atoms with van der Waals surface area (Å²) in [4.78, 5) is 10.3. The molecule has 13 heavy (non-hydrogen) atoms. The predicted octanol–water partition coefficient (Wildman–Crippen LogP) is 2.12. The zero-order chi connectivity index (χ0) is 10.5. The van der Waals surface area contributed by atoms with Gasteiger partial charge in [-0.1, -0.05) is 27.7 Å². The van der Waals surface area contributed by atoms with Gasteiger partial charge in [-0.05, 0) is 17.3 Å². The molecule has 0 aliphatic carbocycles. The summed E-state index contributed by atoms with van der Waals surface area (Å²) in [5.41, 5.74) is 0.0536. The van der Waals surface area contributed by atoms with Gasteiger partial charge in [-0.3, -0.25) is 0 Å². The van der Waals surface area contributed by atoms with Crippen LogP contribution in [0.4, 0.5) is 0 Å². The molecule has 0 bridgehead atoms. The number of hydrogen-bond acceptors (Lipinski definition) is 2. The lowest BCUT2D eigenvalue weighted by Gasteiger charge is -2.41. The largest absolute Gasteiger partial charge is 0.447 e. The van der Waals surface area contributed by atoms with Crippen LogP contribution in [0, 0.1) is 10.8 Å². The molecular weight excluding hydrogens is 163 g/mol. The third-order valence-electron chi connectivity index (χ3n) is 3.16. The van der Waals surface area contributed by atoms with Gasteiger partial charge in [0.2, 0.25) is 0 Å². The van der Waals surface area contributed by atoms with Crippen LogP contribution in [0.1, 0.15) is 40.5 Å². The monoisotopic (exact) mass is 182 g/mol. The summed E-state index contributed by atoms with van der Waals surface area (Å²) in [7, 11) is 5.07. The molecule has 0 saturated carbocycles. The molecule has 0 fully saturated rings. The second-order valence-corrected chi connectivity index (χ2v) is 4.78. The van der Waals surface area contributed by atoms with E-state index in [1.807, 2.05) is 0 Å². The van der Waals surface area contributed by atoms with Crippen molar-refractivity contribution in [3.8, 4) is 0 Å². The molecule has 0 rings (SSSR count). The average Bonchev–Trinajstić information content (AvgIpc) is 2.00. The molecule has 0 N–H and O–H groups in total. The van der Waals surface area contributed by atoms with Gasteiger partial charge in [0.1, 0.15) is 6.29 Å².